The van der Waals surface area contributed by atoms with E-state index in [0.29, 0.717) is 27.5 Å². The highest BCUT2D eigenvalue weighted by molar-refractivity contribution is 8.26. The Kier molecular flexibility index (Phi) is 8.27. The monoisotopic (exact) mass is 525 g/mol. The van der Waals surface area contributed by atoms with Gasteiger partial charge in [-0.1, -0.05) is 36.0 Å². The normalized spacial score (nSPS) is 16.9. The maximum Gasteiger partial charge on any atom is 0.285 e. The molecule has 8 nitrogen and oxygen atoms in total. The molecule has 0 aromatic heterocycles. The molecule has 0 atom stereocenters. The van der Waals surface area contributed by atoms with Crippen LogP contribution in [0.15, 0.2) is 47.4 Å². The van der Waals surface area contributed by atoms with Gasteiger partial charge in [-0.2, -0.15) is 5.01 Å². The van der Waals surface area contributed by atoms with Crippen molar-refractivity contribution in [1.82, 2.24) is 15.3 Å². The molecule has 188 valence electrons. The fourth-order valence-corrected chi connectivity index (χ4v) is 5.15. The molecule has 36 heavy (non-hydrogen) atoms. The number of nitrogens with zero attached hydrogens (tertiary/aromatic N) is 2. The number of likely N-dealkylation sites (tertiary alicyclic amines) is 1. The summed E-state index contributed by atoms with van der Waals surface area (Å²) in [5.74, 6) is 0.0140. The topological polar surface area (TPSA) is 88.2 Å². The molecule has 2 saturated heterocycles. The number of rotatable bonds is 7. The number of amides is 3. The minimum atomic E-state index is -0.418. The van der Waals surface area contributed by atoms with Crippen molar-refractivity contribution >= 4 is 52.1 Å². The van der Waals surface area contributed by atoms with E-state index in [1.165, 1.54) is 7.11 Å². The quantitative estimate of drug-likeness (QED) is 0.433. The van der Waals surface area contributed by atoms with Crippen molar-refractivity contribution in [2.75, 3.05) is 26.8 Å². The van der Waals surface area contributed by atoms with E-state index in [2.05, 4.69) is 5.43 Å². The molecule has 10 heteroatoms. The number of hydrazine groups is 1. The third-order valence-corrected chi connectivity index (χ3v) is 7.24. The molecule has 0 aliphatic carbocycles. The van der Waals surface area contributed by atoms with Crippen molar-refractivity contribution in [3.63, 3.8) is 0 Å². The maximum atomic E-state index is 13.0. The molecule has 2 aromatic rings. The highest BCUT2D eigenvalue weighted by Crippen LogP contribution is 2.34. The van der Waals surface area contributed by atoms with E-state index < -0.39 is 11.8 Å². The summed E-state index contributed by atoms with van der Waals surface area (Å²) in [4.78, 5) is 40.2. The standard InChI is InChI=1S/C26H27N3O5S2/c1-17-8-4-5-9-19(17)24(31)27-29-25(32)22(36-26(29)35)15-18-10-11-20(21(14-18)33-2)34-16-23(30)28-12-6-3-7-13-28/h4-5,8-11,14-15H,3,6-7,12-13,16H2,1-2H3,(H,27,31)/b22-15+. The second-order valence-corrected chi connectivity index (χ2v) is 10.1. The van der Waals surface area contributed by atoms with Gasteiger partial charge in [0, 0.05) is 18.7 Å². The van der Waals surface area contributed by atoms with E-state index in [-0.39, 0.29) is 16.8 Å². The summed E-state index contributed by atoms with van der Waals surface area (Å²) in [6, 6.07) is 12.3. The summed E-state index contributed by atoms with van der Waals surface area (Å²) in [6.07, 6.45) is 4.86. The Labute approximate surface area is 219 Å². The highest BCUT2D eigenvalue weighted by Gasteiger charge is 2.34. The van der Waals surface area contributed by atoms with Crippen LogP contribution in [0.4, 0.5) is 0 Å². The fraction of sp³-hybridized carbons (Fsp3) is 0.308. The number of piperidine rings is 1. The molecule has 2 aromatic carbocycles. The van der Waals surface area contributed by atoms with E-state index in [0.717, 1.165) is 54.7 Å². The van der Waals surface area contributed by atoms with Gasteiger partial charge in [0.15, 0.2) is 22.4 Å². The van der Waals surface area contributed by atoms with Crippen LogP contribution >= 0.6 is 24.0 Å². The van der Waals surface area contributed by atoms with Crippen LogP contribution in [0.1, 0.15) is 40.7 Å². The van der Waals surface area contributed by atoms with Crippen molar-refractivity contribution in [3.8, 4) is 11.5 Å². The number of carbonyl (C=O) groups is 3. The van der Waals surface area contributed by atoms with Crippen LogP contribution in [0.2, 0.25) is 0 Å². The molecule has 0 radical (unpaired) electrons. The molecule has 2 aliphatic heterocycles. The van der Waals surface area contributed by atoms with Gasteiger partial charge < -0.3 is 14.4 Å². The number of ether oxygens (including phenoxy) is 2. The van der Waals surface area contributed by atoms with Crippen molar-refractivity contribution < 1.29 is 23.9 Å². The van der Waals surface area contributed by atoms with E-state index in [1.807, 2.05) is 24.0 Å². The Balaban J connectivity index is 1.43. The second kappa shape index (κ2) is 11.6. The van der Waals surface area contributed by atoms with Crippen LogP contribution in [0.25, 0.3) is 6.08 Å². The van der Waals surface area contributed by atoms with Crippen LogP contribution < -0.4 is 14.9 Å². The van der Waals surface area contributed by atoms with E-state index >= 15 is 0 Å². The van der Waals surface area contributed by atoms with Gasteiger partial charge >= 0.3 is 0 Å². The van der Waals surface area contributed by atoms with Crippen LogP contribution in [-0.2, 0) is 9.59 Å². The molecule has 2 heterocycles. The number of thiocarbonyl (C=S) groups is 1. The molecule has 3 amide bonds. The Hall–Kier alpha value is -3.37. The zero-order valence-electron chi connectivity index (χ0n) is 20.1. The minimum absolute atomic E-state index is 0.0442. The summed E-state index contributed by atoms with van der Waals surface area (Å²) in [7, 11) is 1.51. The molecular weight excluding hydrogens is 498 g/mol. The lowest BCUT2D eigenvalue weighted by Gasteiger charge is -2.26. The van der Waals surface area contributed by atoms with Crippen LogP contribution in [-0.4, -0.2) is 58.8 Å². The van der Waals surface area contributed by atoms with Gasteiger partial charge in [0.25, 0.3) is 17.7 Å². The molecule has 2 aliphatic rings. The van der Waals surface area contributed by atoms with Crippen molar-refractivity contribution in [2.24, 2.45) is 0 Å². The smallest absolute Gasteiger partial charge is 0.285 e. The first-order valence-corrected chi connectivity index (χ1v) is 12.8. The number of hydrogen-bond acceptors (Lipinski definition) is 7. The first-order valence-electron chi connectivity index (χ1n) is 11.6. The molecule has 0 bridgehead atoms. The predicted molar refractivity (Wildman–Crippen MR) is 143 cm³/mol. The number of carbonyl (C=O) groups excluding carboxylic acids is 3. The minimum Gasteiger partial charge on any atom is -0.493 e. The number of hydrogen-bond donors (Lipinski definition) is 1. The third kappa shape index (κ3) is 5.88. The lowest BCUT2D eigenvalue weighted by molar-refractivity contribution is -0.134. The van der Waals surface area contributed by atoms with E-state index in [9.17, 15) is 14.4 Å². The Morgan fingerprint density at radius 3 is 2.58 bits per heavy atom. The number of thioether (sulfide) groups is 1. The van der Waals surface area contributed by atoms with E-state index in [1.54, 1.807) is 36.4 Å². The van der Waals surface area contributed by atoms with Gasteiger partial charge in [-0.05, 0) is 73.8 Å². The second-order valence-electron chi connectivity index (χ2n) is 8.41. The van der Waals surface area contributed by atoms with Gasteiger partial charge in [-0.3, -0.25) is 19.8 Å². The van der Waals surface area contributed by atoms with Crippen molar-refractivity contribution in [1.29, 1.82) is 0 Å². The third-order valence-electron chi connectivity index (χ3n) is 5.94. The van der Waals surface area contributed by atoms with Gasteiger partial charge in [0.1, 0.15) is 0 Å². The summed E-state index contributed by atoms with van der Waals surface area (Å²) in [5.41, 5.74) is 4.55. The lowest BCUT2D eigenvalue weighted by Crippen LogP contribution is -2.45. The molecule has 0 saturated carbocycles. The zero-order chi connectivity index (χ0) is 25.7. The summed E-state index contributed by atoms with van der Waals surface area (Å²) in [5, 5.41) is 1.08. The first-order chi connectivity index (χ1) is 17.4. The number of methoxy groups -OCH3 is 1. The lowest BCUT2D eigenvalue weighted by atomic mass is 10.1. The first kappa shape index (κ1) is 25.7. The maximum absolute atomic E-state index is 13.0. The molecule has 2 fully saturated rings. The Morgan fingerprint density at radius 2 is 1.86 bits per heavy atom. The molecule has 0 spiro atoms. The number of aryl methyl sites for hydroxylation is 1. The molecule has 1 N–H and O–H groups in total. The van der Waals surface area contributed by atoms with Crippen LogP contribution in [0, 0.1) is 6.92 Å². The Bertz CT molecular complexity index is 1220. The average molecular weight is 526 g/mol. The zero-order valence-corrected chi connectivity index (χ0v) is 21.7. The molecular formula is C26H27N3O5S2. The van der Waals surface area contributed by atoms with E-state index in [4.69, 9.17) is 21.7 Å². The van der Waals surface area contributed by atoms with Gasteiger partial charge in [0.05, 0.1) is 12.0 Å². The van der Waals surface area contributed by atoms with Gasteiger partial charge in [-0.25, -0.2) is 0 Å². The predicted octanol–water partition coefficient (Wildman–Crippen LogP) is 3.94. The van der Waals surface area contributed by atoms with Crippen molar-refractivity contribution in [3.05, 3.63) is 64.1 Å². The summed E-state index contributed by atoms with van der Waals surface area (Å²) >= 11 is 6.42. The van der Waals surface area contributed by atoms with Crippen LogP contribution in [0.5, 0.6) is 11.5 Å². The summed E-state index contributed by atoms with van der Waals surface area (Å²) in [6.45, 7) is 3.29. The van der Waals surface area contributed by atoms with Gasteiger partial charge in [0.2, 0.25) is 0 Å². The van der Waals surface area contributed by atoms with Gasteiger partial charge in [-0.15, -0.1) is 0 Å². The number of nitrogens with one attached hydrogen (secondary N) is 1. The summed E-state index contributed by atoms with van der Waals surface area (Å²) < 4.78 is 11.4. The largest absolute Gasteiger partial charge is 0.493 e. The molecule has 4 rings (SSSR count). The SMILES string of the molecule is COc1cc(/C=C2/SC(=S)N(NC(=O)c3ccccc3C)C2=O)ccc1OCC(=O)N1CCCCC1. The average Bonchev–Trinajstić information content (AvgIpc) is 3.15. The van der Waals surface area contributed by atoms with Crippen LogP contribution in [0.3, 0.4) is 0 Å². The van der Waals surface area contributed by atoms with Crippen molar-refractivity contribution in [2.45, 2.75) is 26.2 Å². The fourth-order valence-electron chi connectivity index (χ4n) is 3.97. The Morgan fingerprint density at radius 1 is 1.11 bits per heavy atom. The molecule has 0 unspecified atom stereocenters. The highest BCUT2D eigenvalue weighted by atomic mass is 32.2. The number of benzene rings is 2.